The Kier molecular flexibility index (Phi) is 5.46. The molecule has 3 heteroatoms. The molecule has 0 spiro atoms. The van der Waals surface area contributed by atoms with Gasteiger partial charge < -0.3 is 14.6 Å². The molecule has 0 aromatic heterocycles. The van der Waals surface area contributed by atoms with Gasteiger partial charge >= 0.3 is 0 Å². The normalized spacial score (nSPS) is 36.5. The van der Waals surface area contributed by atoms with Crippen molar-refractivity contribution in [3.05, 3.63) is 0 Å². The lowest BCUT2D eigenvalue weighted by Gasteiger charge is -2.33. The van der Waals surface area contributed by atoms with Crippen LogP contribution < -0.4 is 0 Å². The summed E-state index contributed by atoms with van der Waals surface area (Å²) in [7, 11) is 0. The van der Waals surface area contributed by atoms with Crippen molar-refractivity contribution in [2.45, 2.75) is 83.2 Å². The first-order valence-electron chi connectivity index (χ1n) is 7.60. The van der Waals surface area contributed by atoms with Crippen molar-refractivity contribution < 1.29 is 14.6 Å². The van der Waals surface area contributed by atoms with Gasteiger partial charge in [0, 0.05) is 0 Å². The molecule has 106 valence electrons. The Balaban J connectivity index is 1.69. The lowest BCUT2D eigenvalue weighted by Crippen LogP contribution is -2.37. The van der Waals surface area contributed by atoms with Crippen molar-refractivity contribution in [1.29, 1.82) is 0 Å². The minimum absolute atomic E-state index is 0.265. The highest BCUT2D eigenvalue weighted by atomic mass is 16.5. The zero-order valence-corrected chi connectivity index (χ0v) is 11.8. The van der Waals surface area contributed by atoms with Crippen molar-refractivity contribution in [1.82, 2.24) is 0 Å². The van der Waals surface area contributed by atoms with Crippen molar-refractivity contribution in [2.75, 3.05) is 6.61 Å². The fourth-order valence-corrected chi connectivity index (χ4v) is 3.37. The largest absolute Gasteiger partial charge is 0.390 e. The second-order valence-corrected chi connectivity index (χ2v) is 6.15. The maximum atomic E-state index is 10.2. The minimum Gasteiger partial charge on any atom is -0.390 e. The van der Waals surface area contributed by atoms with E-state index in [9.17, 15) is 5.11 Å². The minimum atomic E-state index is -0.265. The summed E-state index contributed by atoms with van der Waals surface area (Å²) in [4.78, 5) is 0. The van der Waals surface area contributed by atoms with Gasteiger partial charge in [-0.25, -0.2) is 0 Å². The first-order chi connectivity index (χ1) is 8.65. The number of ether oxygens (including phenoxy) is 2. The van der Waals surface area contributed by atoms with E-state index in [1.807, 2.05) is 0 Å². The van der Waals surface area contributed by atoms with Crippen LogP contribution in [0.4, 0.5) is 0 Å². The number of hydrogen-bond acceptors (Lipinski definition) is 3. The lowest BCUT2D eigenvalue weighted by molar-refractivity contribution is -0.119. The molecule has 1 aliphatic carbocycles. The van der Waals surface area contributed by atoms with Crippen LogP contribution in [0, 0.1) is 5.92 Å². The van der Waals surface area contributed by atoms with E-state index in [1.54, 1.807) is 0 Å². The van der Waals surface area contributed by atoms with Crippen LogP contribution in [0.15, 0.2) is 0 Å². The zero-order valence-electron chi connectivity index (χ0n) is 11.8. The average molecular weight is 256 g/mol. The smallest absolute Gasteiger partial charge is 0.0801 e. The summed E-state index contributed by atoms with van der Waals surface area (Å²) in [5, 5.41) is 10.2. The Morgan fingerprint density at radius 3 is 2.33 bits per heavy atom. The van der Waals surface area contributed by atoms with E-state index in [0.29, 0.717) is 12.5 Å². The van der Waals surface area contributed by atoms with Crippen LogP contribution in [0.2, 0.25) is 0 Å². The molecule has 1 N–H and O–H groups in total. The summed E-state index contributed by atoms with van der Waals surface area (Å²) in [6.45, 7) is 4.71. The molecule has 0 aromatic carbocycles. The highest BCUT2D eigenvalue weighted by molar-refractivity contribution is 4.76. The van der Waals surface area contributed by atoms with Gasteiger partial charge in [0.25, 0.3) is 0 Å². The molecule has 2 rings (SSSR count). The van der Waals surface area contributed by atoms with Crippen molar-refractivity contribution in [3.63, 3.8) is 0 Å². The quantitative estimate of drug-likeness (QED) is 0.840. The number of hydrogen-bond donors (Lipinski definition) is 1. The number of aliphatic hydroxyl groups excluding tert-OH is 1. The second-order valence-electron chi connectivity index (χ2n) is 6.15. The molecule has 0 aromatic rings. The van der Waals surface area contributed by atoms with Crippen molar-refractivity contribution in [2.24, 2.45) is 5.92 Å². The molecule has 0 bridgehead atoms. The van der Waals surface area contributed by atoms with E-state index in [0.717, 1.165) is 12.8 Å². The zero-order chi connectivity index (χ0) is 13.0. The molecule has 3 nitrogen and oxygen atoms in total. The van der Waals surface area contributed by atoms with Gasteiger partial charge in [0.1, 0.15) is 0 Å². The standard InChI is InChI=1S/C15H28O3/c1-11-8-14(9-12(2)18-11)17-10-15(16)13-6-4-3-5-7-13/h11-16H,3-10H2,1-2H3. The van der Waals surface area contributed by atoms with Gasteiger partial charge in [-0.05, 0) is 45.4 Å². The molecule has 1 saturated carbocycles. The molecular weight excluding hydrogens is 228 g/mol. The SMILES string of the molecule is CC1CC(OCC(O)C2CCCCC2)CC(C)O1. The highest BCUT2D eigenvalue weighted by Gasteiger charge is 2.27. The lowest BCUT2D eigenvalue weighted by atomic mass is 9.85. The first-order valence-corrected chi connectivity index (χ1v) is 7.60. The predicted molar refractivity (Wildman–Crippen MR) is 71.6 cm³/mol. The first kappa shape index (κ1) is 14.3. The summed E-state index contributed by atoms with van der Waals surface area (Å²) in [6, 6.07) is 0. The van der Waals surface area contributed by atoms with Crippen LogP contribution in [0.3, 0.4) is 0 Å². The predicted octanol–water partition coefficient (Wildman–Crippen LogP) is 2.90. The monoisotopic (exact) mass is 256 g/mol. The maximum absolute atomic E-state index is 10.2. The van der Waals surface area contributed by atoms with Gasteiger partial charge in [0.2, 0.25) is 0 Å². The molecule has 2 fully saturated rings. The Hall–Kier alpha value is -0.120. The Morgan fingerprint density at radius 2 is 1.72 bits per heavy atom. The van der Waals surface area contributed by atoms with Gasteiger partial charge in [-0.3, -0.25) is 0 Å². The molecule has 18 heavy (non-hydrogen) atoms. The fraction of sp³-hybridized carbons (Fsp3) is 1.00. The van der Waals surface area contributed by atoms with Gasteiger partial charge in [-0.2, -0.15) is 0 Å². The highest BCUT2D eigenvalue weighted by Crippen LogP contribution is 2.27. The van der Waals surface area contributed by atoms with Gasteiger partial charge in [-0.1, -0.05) is 19.3 Å². The summed E-state index contributed by atoms with van der Waals surface area (Å²) in [5.74, 6) is 0.466. The Morgan fingerprint density at radius 1 is 1.11 bits per heavy atom. The van der Waals surface area contributed by atoms with Gasteiger partial charge in [0.05, 0.1) is 31.0 Å². The van der Waals surface area contributed by atoms with E-state index in [1.165, 1.54) is 32.1 Å². The maximum Gasteiger partial charge on any atom is 0.0801 e. The van der Waals surface area contributed by atoms with Crippen molar-refractivity contribution in [3.8, 4) is 0 Å². The third-order valence-electron chi connectivity index (χ3n) is 4.35. The summed E-state index contributed by atoms with van der Waals surface area (Å²) in [5.41, 5.74) is 0. The van der Waals surface area contributed by atoms with Crippen LogP contribution in [0.25, 0.3) is 0 Å². The van der Waals surface area contributed by atoms with E-state index in [4.69, 9.17) is 9.47 Å². The summed E-state index contributed by atoms with van der Waals surface area (Å²) >= 11 is 0. The van der Waals surface area contributed by atoms with Gasteiger partial charge in [0.15, 0.2) is 0 Å². The molecular formula is C15H28O3. The summed E-state index contributed by atoms with van der Waals surface area (Å²) < 4.78 is 11.6. The van der Waals surface area contributed by atoms with E-state index >= 15 is 0 Å². The molecule has 1 saturated heterocycles. The fourth-order valence-electron chi connectivity index (χ4n) is 3.37. The molecule has 3 unspecified atom stereocenters. The van der Waals surface area contributed by atoms with Crippen LogP contribution >= 0.6 is 0 Å². The van der Waals surface area contributed by atoms with Gasteiger partial charge in [-0.15, -0.1) is 0 Å². The van der Waals surface area contributed by atoms with Crippen LogP contribution in [-0.4, -0.2) is 36.1 Å². The molecule has 0 amide bonds. The molecule has 1 heterocycles. The Labute approximate surface area is 111 Å². The van der Waals surface area contributed by atoms with E-state index < -0.39 is 0 Å². The van der Waals surface area contributed by atoms with Crippen molar-refractivity contribution >= 4 is 0 Å². The molecule has 3 atom stereocenters. The molecule has 1 aliphatic heterocycles. The average Bonchev–Trinajstić information content (AvgIpc) is 2.36. The third-order valence-corrected chi connectivity index (χ3v) is 4.35. The van der Waals surface area contributed by atoms with Crippen LogP contribution in [0.5, 0.6) is 0 Å². The van der Waals surface area contributed by atoms with E-state index in [2.05, 4.69) is 13.8 Å². The topological polar surface area (TPSA) is 38.7 Å². The van der Waals surface area contributed by atoms with E-state index in [-0.39, 0.29) is 24.4 Å². The number of rotatable bonds is 4. The Bertz CT molecular complexity index is 228. The number of aliphatic hydroxyl groups is 1. The molecule has 2 aliphatic rings. The van der Waals surface area contributed by atoms with Crippen LogP contribution in [0.1, 0.15) is 58.8 Å². The summed E-state index contributed by atoms with van der Waals surface area (Å²) in [6.07, 6.45) is 8.70. The molecule has 0 radical (unpaired) electrons. The van der Waals surface area contributed by atoms with Crippen LogP contribution in [-0.2, 0) is 9.47 Å². The second kappa shape index (κ2) is 6.88. The third kappa shape index (κ3) is 4.22.